The molecule has 0 radical (unpaired) electrons. The van der Waals surface area contributed by atoms with Crippen LogP contribution in [0.4, 0.5) is 4.79 Å². The number of likely N-dealkylation sites (tertiary alicyclic amines) is 1. The van der Waals surface area contributed by atoms with Gasteiger partial charge in [0.2, 0.25) is 5.91 Å². The summed E-state index contributed by atoms with van der Waals surface area (Å²) >= 11 is 0. The first kappa shape index (κ1) is 19.8. The lowest BCUT2D eigenvalue weighted by molar-refractivity contribution is -0.125. The molecule has 1 aliphatic carbocycles. The maximum absolute atomic E-state index is 12.5. The topological polar surface area (TPSA) is 91.6 Å². The van der Waals surface area contributed by atoms with Gasteiger partial charge in [0.15, 0.2) is 5.65 Å². The van der Waals surface area contributed by atoms with Gasteiger partial charge < -0.3 is 5.32 Å². The highest BCUT2D eigenvalue weighted by molar-refractivity contribution is 5.96. The van der Waals surface area contributed by atoms with Crippen LogP contribution in [0.5, 0.6) is 0 Å². The molecule has 156 valence electrons. The zero-order valence-electron chi connectivity index (χ0n) is 17.0. The van der Waals surface area contributed by atoms with Gasteiger partial charge in [0.1, 0.15) is 5.82 Å². The van der Waals surface area contributed by atoms with E-state index in [4.69, 9.17) is 0 Å². The maximum atomic E-state index is 12.5. The number of urea groups is 1. The molecule has 8 nitrogen and oxygen atoms in total. The molecule has 2 aromatic heterocycles. The van der Waals surface area contributed by atoms with Crippen LogP contribution in [0.15, 0.2) is 24.4 Å². The Morgan fingerprint density at radius 1 is 1.07 bits per heavy atom. The van der Waals surface area contributed by atoms with Gasteiger partial charge in [-0.2, -0.15) is 0 Å². The lowest BCUT2D eigenvalue weighted by atomic mass is 9.95. The Morgan fingerprint density at radius 3 is 2.59 bits per heavy atom. The fraction of sp³-hybridized carbons (Fsp3) is 0.619. The molecule has 3 heterocycles. The molecule has 1 unspecified atom stereocenters. The predicted octanol–water partition coefficient (Wildman–Crippen LogP) is 2.46. The summed E-state index contributed by atoms with van der Waals surface area (Å²) in [5.74, 6) is 1.09. The first-order chi connectivity index (χ1) is 14.1. The summed E-state index contributed by atoms with van der Waals surface area (Å²) in [6.07, 6.45) is 9.36. The second kappa shape index (κ2) is 8.90. The summed E-state index contributed by atoms with van der Waals surface area (Å²) < 4.78 is 2.05. The quantitative estimate of drug-likeness (QED) is 0.825. The van der Waals surface area contributed by atoms with Gasteiger partial charge in [-0.3, -0.25) is 19.4 Å². The van der Waals surface area contributed by atoms with Gasteiger partial charge in [-0.25, -0.2) is 4.79 Å². The number of nitrogens with one attached hydrogen (secondary N) is 2. The largest absolute Gasteiger partial charge is 0.335 e. The van der Waals surface area contributed by atoms with Crippen molar-refractivity contribution in [3.05, 3.63) is 30.2 Å². The van der Waals surface area contributed by atoms with E-state index in [-0.39, 0.29) is 24.0 Å². The van der Waals surface area contributed by atoms with Crippen LogP contribution < -0.4 is 10.6 Å². The van der Waals surface area contributed by atoms with Crippen LogP contribution in [-0.4, -0.2) is 56.6 Å². The molecule has 29 heavy (non-hydrogen) atoms. The number of amides is 3. The Kier molecular flexibility index (Phi) is 6.08. The Balaban J connectivity index is 1.27. The predicted molar refractivity (Wildman–Crippen MR) is 110 cm³/mol. The van der Waals surface area contributed by atoms with Gasteiger partial charge in [-0.05, 0) is 57.8 Å². The minimum atomic E-state index is -0.362. The van der Waals surface area contributed by atoms with E-state index in [0.29, 0.717) is 5.92 Å². The van der Waals surface area contributed by atoms with Gasteiger partial charge in [0, 0.05) is 18.2 Å². The molecule has 3 amide bonds. The average molecular weight is 399 g/mol. The van der Waals surface area contributed by atoms with Gasteiger partial charge in [0.05, 0.1) is 6.04 Å². The number of pyridine rings is 1. The third-order valence-electron chi connectivity index (χ3n) is 6.34. The van der Waals surface area contributed by atoms with Crippen LogP contribution in [0.1, 0.15) is 63.6 Å². The van der Waals surface area contributed by atoms with E-state index in [1.807, 2.05) is 35.7 Å². The van der Waals surface area contributed by atoms with Crippen LogP contribution in [0, 0.1) is 0 Å². The fourth-order valence-corrected chi connectivity index (χ4v) is 4.53. The minimum absolute atomic E-state index is 0.195. The third kappa shape index (κ3) is 4.58. The second-order valence-corrected chi connectivity index (χ2v) is 8.27. The second-order valence-electron chi connectivity index (χ2n) is 8.27. The SMILES string of the molecule is CC(C(=O)NC(=O)NC1CCCCC1)N1CCC(c2nnc3ccccn23)CC1. The smallest absolute Gasteiger partial charge is 0.321 e. The van der Waals surface area contributed by atoms with Crippen molar-refractivity contribution in [2.45, 2.75) is 69.9 Å². The van der Waals surface area contributed by atoms with Crippen molar-refractivity contribution >= 4 is 17.6 Å². The number of aromatic nitrogens is 3. The van der Waals surface area contributed by atoms with Crippen molar-refractivity contribution in [3.63, 3.8) is 0 Å². The summed E-state index contributed by atoms with van der Waals surface area (Å²) in [5, 5.41) is 14.1. The van der Waals surface area contributed by atoms with Crippen molar-refractivity contribution in [3.8, 4) is 0 Å². The number of hydrogen-bond acceptors (Lipinski definition) is 5. The monoisotopic (exact) mass is 398 g/mol. The highest BCUT2D eigenvalue weighted by atomic mass is 16.2. The van der Waals surface area contributed by atoms with Crippen molar-refractivity contribution in [1.29, 1.82) is 0 Å². The Morgan fingerprint density at radius 2 is 1.83 bits per heavy atom. The Labute approximate surface area is 171 Å². The van der Waals surface area contributed by atoms with Crippen molar-refractivity contribution < 1.29 is 9.59 Å². The van der Waals surface area contributed by atoms with Crippen LogP contribution in [0.3, 0.4) is 0 Å². The number of hydrogen-bond donors (Lipinski definition) is 2. The van der Waals surface area contributed by atoms with Crippen molar-refractivity contribution in [2.24, 2.45) is 0 Å². The van der Waals surface area contributed by atoms with Gasteiger partial charge in [0.25, 0.3) is 0 Å². The maximum Gasteiger partial charge on any atom is 0.321 e. The average Bonchev–Trinajstić information content (AvgIpc) is 3.18. The normalized spacial score (nSPS) is 20.4. The molecule has 0 bridgehead atoms. The number of fused-ring (bicyclic) bond motifs is 1. The summed E-state index contributed by atoms with van der Waals surface area (Å²) in [5.41, 5.74) is 0.863. The molecule has 4 rings (SSSR count). The number of carbonyl (C=O) groups excluding carboxylic acids is 2. The molecule has 2 fully saturated rings. The number of carbonyl (C=O) groups is 2. The van der Waals surface area contributed by atoms with Crippen LogP contribution in [-0.2, 0) is 4.79 Å². The third-order valence-corrected chi connectivity index (χ3v) is 6.34. The highest BCUT2D eigenvalue weighted by Crippen LogP contribution is 2.28. The van der Waals surface area contributed by atoms with E-state index in [1.165, 1.54) is 6.42 Å². The Bertz CT molecular complexity index is 852. The molecule has 1 aliphatic heterocycles. The van der Waals surface area contributed by atoms with E-state index in [1.54, 1.807) is 0 Å². The van der Waals surface area contributed by atoms with E-state index in [2.05, 4.69) is 25.7 Å². The number of piperidine rings is 1. The van der Waals surface area contributed by atoms with Crippen LogP contribution >= 0.6 is 0 Å². The highest BCUT2D eigenvalue weighted by Gasteiger charge is 2.30. The van der Waals surface area contributed by atoms with E-state index in [9.17, 15) is 9.59 Å². The first-order valence-electron chi connectivity index (χ1n) is 10.8. The van der Waals surface area contributed by atoms with Crippen molar-refractivity contribution in [1.82, 2.24) is 30.1 Å². The molecule has 1 atom stereocenters. The number of imide groups is 1. The zero-order chi connectivity index (χ0) is 20.2. The zero-order valence-corrected chi connectivity index (χ0v) is 17.0. The number of rotatable bonds is 4. The lowest BCUT2D eigenvalue weighted by Gasteiger charge is -2.34. The van der Waals surface area contributed by atoms with E-state index < -0.39 is 0 Å². The molecule has 8 heteroatoms. The minimum Gasteiger partial charge on any atom is -0.335 e. The summed E-state index contributed by atoms with van der Waals surface area (Å²) in [6, 6.07) is 5.40. The molecule has 0 spiro atoms. The van der Waals surface area contributed by atoms with E-state index >= 15 is 0 Å². The standard InChI is InChI=1S/C21H30N6O2/c1-15(20(28)23-21(29)22-17-7-3-2-4-8-17)26-13-10-16(11-14-26)19-25-24-18-9-5-6-12-27(18)19/h5-6,9,12,15-17H,2-4,7-8,10-11,13-14H2,1H3,(H2,22,23,28,29). The van der Waals surface area contributed by atoms with Crippen LogP contribution in [0.25, 0.3) is 5.65 Å². The summed E-state index contributed by atoms with van der Waals surface area (Å²) in [7, 11) is 0. The van der Waals surface area contributed by atoms with Gasteiger partial charge in [-0.15, -0.1) is 10.2 Å². The van der Waals surface area contributed by atoms with Gasteiger partial charge >= 0.3 is 6.03 Å². The number of nitrogens with zero attached hydrogens (tertiary/aromatic N) is 4. The lowest BCUT2D eigenvalue weighted by Crippen LogP contribution is -2.52. The molecule has 2 N–H and O–H groups in total. The fourth-order valence-electron chi connectivity index (χ4n) is 4.53. The van der Waals surface area contributed by atoms with Gasteiger partial charge in [-0.1, -0.05) is 25.3 Å². The molecule has 2 aliphatic rings. The summed E-state index contributed by atoms with van der Waals surface area (Å²) in [6.45, 7) is 3.46. The molecular formula is C21H30N6O2. The van der Waals surface area contributed by atoms with E-state index in [0.717, 1.165) is 63.1 Å². The van der Waals surface area contributed by atoms with Crippen molar-refractivity contribution in [2.75, 3.05) is 13.1 Å². The summed E-state index contributed by atoms with van der Waals surface area (Å²) in [4.78, 5) is 26.8. The molecule has 2 aromatic rings. The molecule has 1 saturated carbocycles. The van der Waals surface area contributed by atoms with Crippen LogP contribution in [0.2, 0.25) is 0 Å². The first-order valence-corrected chi connectivity index (χ1v) is 10.8. The molecule has 1 saturated heterocycles. The molecule has 0 aromatic carbocycles. The Hall–Kier alpha value is -2.48. The molecular weight excluding hydrogens is 368 g/mol.